The van der Waals surface area contributed by atoms with E-state index in [1.807, 2.05) is 0 Å². The molecule has 0 bridgehead atoms. The van der Waals surface area contributed by atoms with Crippen molar-refractivity contribution in [3.05, 3.63) is 0 Å². The molecule has 0 spiro atoms. The highest BCUT2D eigenvalue weighted by molar-refractivity contribution is 4.89. The minimum Gasteiger partial charge on any atom is -0.324 e. The topological polar surface area (TPSA) is 32.5 Å². The molecule has 2 rings (SSSR count). The average molecular weight is 239 g/mol. The van der Waals surface area contributed by atoms with Crippen molar-refractivity contribution < 1.29 is 0 Å². The normalized spacial score (nSPS) is 30.9. The summed E-state index contributed by atoms with van der Waals surface area (Å²) < 4.78 is 0. The van der Waals surface area contributed by atoms with Gasteiger partial charge >= 0.3 is 0 Å². The molecule has 17 heavy (non-hydrogen) atoms. The summed E-state index contributed by atoms with van der Waals surface area (Å²) in [5, 5.41) is 0. The van der Waals surface area contributed by atoms with Crippen LogP contribution in [-0.2, 0) is 0 Å². The van der Waals surface area contributed by atoms with Gasteiger partial charge in [-0.25, -0.2) is 0 Å². The number of rotatable bonds is 4. The highest BCUT2D eigenvalue weighted by Crippen LogP contribution is 2.22. The fraction of sp³-hybridized carbons (Fsp3) is 1.00. The van der Waals surface area contributed by atoms with E-state index >= 15 is 0 Å². The molecule has 0 aromatic carbocycles. The van der Waals surface area contributed by atoms with Crippen LogP contribution < -0.4 is 5.73 Å². The third-order valence-corrected chi connectivity index (χ3v) is 4.29. The van der Waals surface area contributed by atoms with Gasteiger partial charge < -0.3 is 5.73 Å². The van der Waals surface area contributed by atoms with E-state index in [0.29, 0.717) is 0 Å². The lowest BCUT2D eigenvalue weighted by Gasteiger charge is -2.33. The first-order valence-electron chi connectivity index (χ1n) is 7.36. The van der Waals surface area contributed by atoms with Gasteiger partial charge in [0.15, 0.2) is 0 Å². The van der Waals surface area contributed by atoms with Crippen molar-refractivity contribution >= 4 is 0 Å². The fourth-order valence-electron chi connectivity index (χ4n) is 3.59. The average Bonchev–Trinajstić information content (AvgIpc) is 2.57. The maximum Gasteiger partial charge on any atom is 0.0254 e. The molecule has 3 nitrogen and oxygen atoms in total. The van der Waals surface area contributed by atoms with E-state index in [1.165, 1.54) is 51.9 Å². The Morgan fingerprint density at radius 1 is 1.24 bits per heavy atom. The monoisotopic (exact) mass is 239 g/mol. The van der Waals surface area contributed by atoms with Crippen molar-refractivity contribution in [1.82, 2.24) is 9.80 Å². The zero-order chi connectivity index (χ0) is 12.3. The third kappa shape index (κ3) is 3.67. The molecule has 2 fully saturated rings. The predicted molar refractivity (Wildman–Crippen MR) is 73.2 cm³/mol. The number of hydrogen-bond donors (Lipinski definition) is 1. The van der Waals surface area contributed by atoms with Crippen LogP contribution in [0.2, 0.25) is 0 Å². The smallest absolute Gasteiger partial charge is 0.0254 e. The van der Waals surface area contributed by atoms with Crippen LogP contribution in [0.4, 0.5) is 0 Å². The van der Waals surface area contributed by atoms with Crippen molar-refractivity contribution in [2.24, 2.45) is 5.73 Å². The first-order valence-corrected chi connectivity index (χ1v) is 7.36. The molecule has 0 aromatic heterocycles. The Hall–Kier alpha value is -0.120. The van der Waals surface area contributed by atoms with E-state index in [2.05, 4.69) is 23.6 Å². The quantitative estimate of drug-likeness (QED) is 0.810. The molecule has 2 atom stereocenters. The highest BCUT2D eigenvalue weighted by Gasteiger charge is 2.30. The molecule has 2 aliphatic rings. The van der Waals surface area contributed by atoms with Crippen LogP contribution >= 0.6 is 0 Å². The zero-order valence-corrected chi connectivity index (χ0v) is 11.6. The first kappa shape index (κ1) is 13.3. The van der Waals surface area contributed by atoms with Gasteiger partial charge in [0.25, 0.3) is 0 Å². The van der Waals surface area contributed by atoms with E-state index in [9.17, 15) is 0 Å². The van der Waals surface area contributed by atoms with Crippen molar-refractivity contribution in [2.75, 3.05) is 32.7 Å². The van der Waals surface area contributed by atoms with Crippen molar-refractivity contribution in [3.8, 4) is 0 Å². The molecule has 0 amide bonds. The second-order valence-electron chi connectivity index (χ2n) is 6.32. The third-order valence-electron chi connectivity index (χ3n) is 4.29. The molecule has 0 saturated carbocycles. The summed E-state index contributed by atoms with van der Waals surface area (Å²) in [6, 6.07) is 0.815. The minimum absolute atomic E-state index is 0.00250. The molecular formula is C14H29N3. The van der Waals surface area contributed by atoms with Gasteiger partial charge in [0.05, 0.1) is 0 Å². The van der Waals surface area contributed by atoms with Crippen LogP contribution in [0, 0.1) is 0 Å². The van der Waals surface area contributed by atoms with E-state index < -0.39 is 0 Å². The summed E-state index contributed by atoms with van der Waals surface area (Å²) >= 11 is 0. The maximum atomic E-state index is 6.39. The molecule has 2 unspecified atom stereocenters. The largest absolute Gasteiger partial charge is 0.324 e. The Balaban J connectivity index is 1.88. The number of nitrogens with zero attached hydrogens (tertiary/aromatic N) is 2. The minimum atomic E-state index is 0.00250. The van der Waals surface area contributed by atoms with Crippen LogP contribution in [-0.4, -0.2) is 54.1 Å². The van der Waals surface area contributed by atoms with Gasteiger partial charge in [-0.2, -0.15) is 0 Å². The molecular weight excluding hydrogens is 210 g/mol. The zero-order valence-electron chi connectivity index (χ0n) is 11.6. The Labute approximate surface area is 106 Å². The van der Waals surface area contributed by atoms with Crippen molar-refractivity contribution in [1.29, 1.82) is 0 Å². The van der Waals surface area contributed by atoms with Crippen molar-refractivity contribution in [3.63, 3.8) is 0 Å². The Morgan fingerprint density at radius 2 is 2.00 bits per heavy atom. The van der Waals surface area contributed by atoms with Gasteiger partial charge in [-0.3, -0.25) is 9.80 Å². The number of hydrogen-bond acceptors (Lipinski definition) is 3. The van der Waals surface area contributed by atoms with Gasteiger partial charge in [0.2, 0.25) is 0 Å². The summed E-state index contributed by atoms with van der Waals surface area (Å²) in [7, 11) is 0. The van der Waals surface area contributed by atoms with Gasteiger partial charge in [-0.15, -0.1) is 0 Å². The lowest BCUT2D eigenvalue weighted by molar-refractivity contribution is 0.185. The van der Waals surface area contributed by atoms with E-state index in [1.54, 1.807) is 0 Å². The molecule has 0 aliphatic carbocycles. The lowest BCUT2D eigenvalue weighted by atomic mass is 9.96. The SMILES string of the molecule is CCCC(C)(N)CN1CCCN2CCCC2C1. The summed E-state index contributed by atoms with van der Waals surface area (Å²) in [6.07, 6.45) is 6.44. The summed E-state index contributed by atoms with van der Waals surface area (Å²) in [5.74, 6) is 0. The molecule has 2 N–H and O–H groups in total. The number of nitrogens with two attached hydrogens (primary N) is 1. The Bertz CT molecular complexity index is 240. The molecule has 3 heteroatoms. The molecule has 0 aromatic rings. The first-order chi connectivity index (χ1) is 8.11. The van der Waals surface area contributed by atoms with Gasteiger partial charge in [-0.05, 0) is 52.2 Å². The summed E-state index contributed by atoms with van der Waals surface area (Å²) in [5.41, 5.74) is 6.39. The van der Waals surface area contributed by atoms with Gasteiger partial charge in [-0.1, -0.05) is 13.3 Å². The van der Waals surface area contributed by atoms with Crippen LogP contribution in [0.25, 0.3) is 0 Å². The van der Waals surface area contributed by atoms with E-state index in [0.717, 1.165) is 19.0 Å². The van der Waals surface area contributed by atoms with Gasteiger partial charge in [0.1, 0.15) is 0 Å². The second kappa shape index (κ2) is 5.68. The summed E-state index contributed by atoms with van der Waals surface area (Å²) in [6.45, 7) is 10.6. The molecule has 2 heterocycles. The Morgan fingerprint density at radius 3 is 2.76 bits per heavy atom. The molecule has 100 valence electrons. The van der Waals surface area contributed by atoms with Crippen LogP contribution in [0.3, 0.4) is 0 Å². The highest BCUT2D eigenvalue weighted by atomic mass is 15.3. The Kier molecular flexibility index (Phi) is 4.45. The summed E-state index contributed by atoms with van der Waals surface area (Å²) in [4.78, 5) is 5.30. The fourth-order valence-corrected chi connectivity index (χ4v) is 3.59. The number of fused-ring (bicyclic) bond motifs is 1. The van der Waals surface area contributed by atoms with Crippen LogP contribution in [0.1, 0.15) is 46.0 Å². The van der Waals surface area contributed by atoms with E-state index in [-0.39, 0.29) is 5.54 Å². The lowest BCUT2D eigenvalue weighted by Crippen LogP contribution is -2.49. The molecule has 0 radical (unpaired) electrons. The van der Waals surface area contributed by atoms with Crippen LogP contribution in [0.15, 0.2) is 0 Å². The predicted octanol–water partition coefficient (Wildman–Crippen LogP) is 1.67. The van der Waals surface area contributed by atoms with Crippen molar-refractivity contribution in [2.45, 2.75) is 57.5 Å². The molecule has 2 aliphatic heterocycles. The maximum absolute atomic E-state index is 6.39. The van der Waals surface area contributed by atoms with Gasteiger partial charge in [0, 0.05) is 24.7 Å². The standard InChI is InChI=1S/C14H29N3/c1-3-7-14(2,15)12-16-8-5-10-17-9-4-6-13(17)11-16/h13H,3-12,15H2,1-2H3. The van der Waals surface area contributed by atoms with E-state index in [4.69, 9.17) is 5.73 Å². The second-order valence-corrected chi connectivity index (χ2v) is 6.32. The molecule has 2 saturated heterocycles. The van der Waals surface area contributed by atoms with Crippen LogP contribution in [0.5, 0.6) is 0 Å².